The van der Waals surface area contributed by atoms with Gasteiger partial charge in [0.2, 0.25) is 0 Å². The molecule has 16 heavy (non-hydrogen) atoms. The number of nitrogens with zero attached hydrogens (tertiary/aromatic N) is 1. The molecule has 1 heterocycles. The fraction of sp³-hybridized carbons (Fsp3) is 0.462. The van der Waals surface area contributed by atoms with Crippen molar-refractivity contribution in [2.45, 2.75) is 12.8 Å². The lowest BCUT2D eigenvalue weighted by Crippen LogP contribution is -2.50. The van der Waals surface area contributed by atoms with Gasteiger partial charge in [0.1, 0.15) is 0 Å². The lowest BCUT2D eigenvalue weighted by molar-refractivity contribution is -0.147. The predicted octanol–water partition coefficient (Wildman–Crippen LogP) is 1.64. The first-order valence-electron chi connectivity index (χ1n) is 5.75. The molecule has 1 fully saturated rings. The van der Waals surface area contributed by atoms with E-state index in [9.17, 15) is 4.79 Å². The molecule has 1 aromatic rings. The van der Waals surface area contributed by atoms with Gasteiger partial charge in [-0.3, -0.25) is 4.79 Å². The Morgan fingerprint density at radius 1 is 1.31 bits per heavy atom. The zero-order valence-corrected chi connectivity index (χ0v) is 9.30. The number of carboxylic acid groups (broad SMARTS) is 1. The summed E-state index contributed by atoms with van der Waals surface area (Å²) in [6.07, 6.45) is 2.19. The molecule has 2 rings (SSSR count). The molecule has 0 atom stereocenters. The minimum atomic E-state index is -0.653. The highest BCUT2D eigenvalue weighted by Crippen LogP contribution is 2.16. The molecule has 0 spiro atoms. The first kappa shape index (κ1) is 11.1. The normalized spacial score (nSPS) is 17.0. The maximum atomic E-state index is 10.6. The Balaban J connectivity index is 1.62. The van der Waals surface area contributed by atoms with E-state index in [0.717, 1.165) is 32.5 Å². The average molecular weight is 219 g/mol. The van der Waals surface area contributed by atoms with Crippen molar-refractivity contribution in [3.63, 3.8) is 0 Å². The van der Waals surface area contributed by atoms with Crippen LogP contribution in [0.15, 0.2) is 30.3 Å². The largest absolute Gasteiger partial charge is 0.481 e. The molecule has 1 aromatic carbocycles. The Bertz CT molecular complexity index is 344. The van der Waals surface area contributed by atoms with E-state index in [2.05, 4.69) is 29.2 Å². The number of carbonyl (C=O) groups is 1. The quantitative estimate of drug-likeness (QED) is 0.818. The molecule has 0 bridgehead atoms. The zero-order valence-electron chi connectivity index (χ0n) is 9.30. The molecule has 1 saturated heterocycles. The van der Waals surface area contributed by atoms with E-state index in [1.54, 1.807) is 0 Å². The first-order chi connectivity index (χ1) is 7.75. The van der Waals surface area contributed by atoms with Crippen molar-refractivity contribution in [2.24, 2.45) is 5.92 Å². The van der Waals surface area contributed by atoms with Crippen LogP contribution in [0.1, 0.15) is 12.0 Å². The Kier molecular flexibility index (Phi) is 3.57. The van der Waals surface area contributed by atoms with Crippen molar-refractivity contribution in [3.05, 3.63) is 35.9 Å². The molecule has 3 nitrogen and oxygen atoms in total. The van der Waals surface area contributed by atoms with Crippen LogP contribution in [0.4, 0.5) is 0 Å². The summed E-state index contributed by atoms with van der Waals surface area (Å²) in [6, 6.07) is 10.4. The van der Waals surface area contributed by atoms with Crippen LogP contribution in [-0.4, -0.2) is 35.6 Å². The molecule has 1 N–H and O–H groups in total. The van der Waals surface area contributed by atoms with Crippen molar-refractivity contribution in [1.29, 1.82) is 0 Å². The van der Waals surface area contributed by atoms with Crippen LogP contribution in [-0.2, 0) is 11.2 Å². The molecule has 0 aliphatic carbocycles. The third-order valence-corrected chi connectivity index (χ3v) is 3.09. The monoisotopic (exact) mass is 219 g/mol. The van der Waals surface area contributed by atoms with E-state index in [-0.39, 0.29) is 5.92 Å². The second kappa shape index (κ2) is 5.12. The standard InChI is InChI=1S/C13H17NO2/c15-13(16)12-9-14(10-12)8-4-7-11-5-2-1-3-6-11/h1-3,5-6,12H,4,7-10H2,(H,15,16). The molecule has 1 aliphatic heterocycles. The van der Waals surface area contributed by atoms with Crippen LogP contribution in [0.3, 0.4) is 0 Å². The highest BCUT2D eigenvalue weighted by molar-refractivity contribution is 5.71. The van der Waals surface area contributed by atoms with E-state index in [1.165, 1.54) is 5.56 Å². The summed E-state index contributed by atoms with van der Waals surface area (Å²) >= 11 is 0. The lowest BCUT2D eigenvalue weighted by atomic mass is 10.00. The summed E-state index contributed by atoms with van der Waals surface area (Å²) in [6.45, 7) is 2.47. The Hall–Kier alpha value is -1.35. The second-order valence-electron chi connectivity index (χ2n) is 4.38. The van der Waals surface area contributed by atoms with Crippen LogP contribution in [0.5, 0.6) is 0 Å². The molecule has 0 aromatic heterocycles. The third kappa shape index (κ3) is 2.83. The van der Waals surface area contributed by atoms with Gasteiger partial charge >= 0.3 is 5.97 Å². The molecular weight excluding hydrogens is 202 g/mol. The summed E-state index contributed by atoms with van der Waals surface area (Å²) in [5.74, 6) is -0.781. The van der Waals surface area contributed by atoms with Crippen molar-refractivity contribution in [1.82, 2.24) is 4.90 Å². The summed E-state index contributed by atoms with van der Waals surface area (Å²) in [4.78, 5) is 12.8. The van der Waals surface area contributed by atoms with Gasteiger partial charge in [-0.15, -0.1) is 0 Å². The van der Waals surface area contributed by atoms with Gasteiger partial charge in [0, 0.05) is 13.1 Å². The van der Waals surface area contributed by atoms with Gasteiger partial charge in [-0.1, -0.05) is 30.3 Å². The highest BCUT2D eigenvalue weighted by atomic mass is 16.4. The van der Waals surface area contributed by atoms with Gasteiger partial charge in [-0.05, 0) is 24.9 Å². The maximum Gasteiger partial charge on any atom is 0.309 e. The second-order valence-corrected chi connectivity index (χ2v) is 4.38. The van der Waals surface area contributed by atoms with Gasteiger partial charge in [0.25, 0.3) is 0 Å². The van der Waals surface area contributed by atoms with E-state index >= 15 is 0 Å². The van der Waals surface area contributed by atoms with Crippen molar-refractivity contribution < 1.29 is 9.90 Å². The molecule has 1 aliphatic rings. The van der Waals surface area contributed by atoms with Crippen molar-refractivity contribution >= 4 is 5.97 Å². The molecule has 0 saturated carbocycles. The molecule has 0 unspecified atom stereocenters. The molecule has 0 radical (unpaired) electrons. The van der Waals surface area contributed by atoms with Gasteiger partial charge in [-0.25, -0.2) is 0 Å². The number of aliphatic carboxylic acids is 1. The van der Waals surface area contributed by atoms with Gasteiger partial charge in [0.05, 0.1) is 5.92 Å². The number of likely N-dealkylation sites (tertiary alicyclic amines) is 1. The van der Waals surface area contributed by atoms with E-state index in [4.69, 9.17) is 5.11 Å². The smallest absolute Gasteiger partial charge is 0.309 e. The zero-order chi connectivity index (χ0) is 11.4. The molecule has 0 amide bonds. The number of hydrogen-bond donors (Lipinski definition) is 1. The fourth-order valence-corrected chi connectivity index (χ4v) is 2.06. The average Bonchev–Trinajstić information content (AvgIpc) is 2.22. The van der Waals surface area contributed by atoms with E-state index in [1.807, 2.05) is 6.07 Å². The number of aryl methyl sites for hydroxylation is 1. The third-order valence-electron chi connectivity index (χ3n) is 3.09. The summed E-state index contributed by atoms with van der Waals surface area (Å²) < 4.78 is 0. The first-order valence-corrected chi connectivity index (χ1v) is 5.75. The maximum absolute atomic E-state index is 10.6. The molecule has 86 valence electrons. The van der Waals surface area contributed by atoms with Crippen LogP contribution < -0.4 is 0 Å². The van der Waals surface area contributed by atoms with Crippen LogP contribution in [0, 0.1) is 5.92 Å². The summed E-state index contributed by atoms with van der Waals surface area (Å²) in [5, 5.41) is 8.73. The fourth-order valence-electron chi connectivity index (χ4n) is 2.06. The van der Waals surface area contributed by atoms with Crippen molar-refractivity contribution in [3.8, 4) is 0 Å². The number of rotatable bonds is 5. The van der Waals surface area contributed by atoms with Gasteiger partial charge in [-0.2, -0.15) is 0 Å². The van der Waals surface area contributed by atoms with Crippen LogP contribution in [0.25, 0.3) is 0 Å². The SMILES string of the molecule is O=C(O)C1CN(CCCc2ccccc2)C1. The van der Waals surface area contributed by atoms with Gasteiger partial charge < -0.3 is 10.0 Å². The van der Waals surface area contributed by atoms with E-state index < -0.39 is 5.97 Å². The lowest BCUT2D eigenvalue weighted by Gasteiger charge is -2.36. The number of carboxylic acids is 1. The van der Waals surface area contributed by atoms with Crippen LogP contribution >= 0.6 is 0 Å². The number of hydrogen-bond acceptors (Lipinski definition) is 2. The minimum Gasteiger partial charge on any atom is -0.481 e. The molecule has 3 heteroatoms. The Morgan fingerprint density at radius 3 is 2.62 bits per heavy atom. The van der Waals surface area contributed by atoms with Crippen LogP contribution in [0.2, 0.25) is 0 Å². The Morgan fingerprint density at radius 2 is 2.00 bits per heavy atom. The highest BCUT2D eigenvalue weighted by Gasteiger charge is 2.31. The summed E-state index contributed by atoms with van der Waals surface area (Å²) in [7, 11) is 0. The number of benzene rings is 1. The predicted molar refractivity (Wildman–Crippen MR) is 62.3 cm³/mol. The van der Waals surface area contributed by atoms with E-state index in [0.29, 0.717) is 0 Å². The van der Waals surface area contributed by atoms with Gasteiger partial charge in [0.15, 0.2) is 0 Å². The molecular formula is C13H17NO2. The minimum absolute atomic E-state index is 0.128. The Labute approximate surface area is 95.7 Å². The summed E-state index contributed by atoms with van der Waals surface area (Å²) in [5.41, 5.74) is 1.36. The van der Waals surface area contributed by atoms with Crippen molar-refractivity contribution in [2.75, 3.05) is 19.6 Å². The topological polar surface area (TPSA) is 40.5 Å².